The molecule has 2 N–H and O–H groups in total. The van der Waals surface area contributed by atoms with Gasteiger partial charge < -0.3 is 14.8 Å². The predicted octanol–water partition coefficient (Wildman–Crippen LogP) is 1.08. The Balaban J connectivity index is 2.09. The van der Waals surface area contributed by atoms with Crippen molar-refractivity contribution in [3.8, 4) is 0 Å². The van der Waals surface area contributed by atoms with Gasteiger partial charge in [-0.3, -0.25) is 4.79 Å². The first-order valence-electron chi connectivity index (χ1n) is 5.85. The molecule has 0 bridgehead atoms. The number of rotatable bonds is 4. The molecule has 5 nitrogen and oxygen atoms in total. The van der Waals surface area contributed by atoms with Crippen LogP contribution in [0.1, 0.15) is 24.3 Å². The number of aromatic nitrogens is 2. The smallest absolute Gasteiger partial charge is 0.271 e. The summed E-state index contributed by atoms with van der Waals surface area (Å²) in [4.78, 5) is 16.1. The summed E-state index contributed by atoms with van der Waals surface area (Å²) >= 11 is 0. The highest BCUT2D eigenvalue weighted by atomic mass is 16.3. The van der Waals surface area contributed by atoms with Gasteiger partial charge in [0.2, 0.25) is 0 Å². The van der Waals surface area contributed by atoms with Crippen LogP contribution in [-0.4, -0.2) is 33.6 Å². The van der Waals surface area contributed by atoms with Gasteiger partial charge in [-0.15, -0.1) is 0 Å². The highest BCUT2D eigenvalue weighted by molar-refractivity contribution is 5.92. The van der Waals surface area contributed by atoms with Crippen LogP contribution in [0.4, 0.5) is 0 Å². The van der Waals surface area contributed by atoms with E-state index in [1.165, 1.54) is 0 Å². The number of hydrogen-bond donors (Lipinski definition) is 2. The average Bonchev–Trinajstić information content (AvgIpc) is 2.80. The van der Waals surface area contributed by atoms with Crippen molar-refractivity contribution < 1.29 is 9.90 Å². The number of amides is 1. The molecule has 2 rings (SSSR count). The predicted molar refractivity (Wildman–Crippen MR) is 68.4 cm³/mol. The minimum Gasteiger partial charge on any atom is -0.396 e. The minimum absolute atomic E-state index is 0.0262. The first-order valence-corrected chi connectivity index (χ1v) is 5.85. The summed E-state index contributed by atoms with van der Waals surface area (Å²) in [6.07, 6.45) is 3.54. The van der Waals surface area contributed by atoms with Gasteiger partial charge in [0.15, 0.2) is 0 Å². The second-order valence-electron chi connectivity index (χ2n) is 5.10. The van der Waals surface area contributed by atoms with Crippen molar-refractivity contribution in [2.75, 3.05) is 13.2 Å². The van der Waals surface area contributed by atoms with E-state index in [0.29, 0.717) is 12.2 Å². The average molecular weight is 247 g/mol. The molecule has 0 saturated heterocycles. The van der Waals surface area contributed by atoms with Crippen molar-refractivity contribution in [3.05, 3.63) is 36.3 Å². The number of aliphatic hydroxyl groups is 1. The van der Waals surface area contributed by atoms with E-state index in [9.17, 15) is 4.79 Å². The van der Waals surface area contributed by atoms with Crippen LogP contribution in [0.5, 0.6) is 0 Å². The number of nitrogens with zero attached hydrogens (tertiary/aromatic N) is 2. The molecule has 0 atom stereocenters. The summed E-state index contributed by atoms with van der Waals surface area (Å²) in [6.45, 7) is 4.21. The van der Waals surface area contributed by atoms with Crippen LogP contribution in [-0.2, 0) is 0 Å². The minimum atomic E-state index is -0.325. The summed E-state index contributed by atoms with van der Waals surface area (Å²) in [7, 11) is 0. The van der Waals surface area contributed by atoms with Gasteiger partial charge in [0.1, 0.15) is 11.3 Å². The second kappa shape index (κ2) is 4.78. The lowest BCUT2D eigenvalue weighted by molar-refractivity contribution is 0.0906. The molecule has 0 aliphatic carbocycles. The fourth-order valence-electron chi connectivity index (χ4n) is 1.51. The summed E-state index contributed by atoms with van der Waals surface area (Å²) in [5, 5.41) is 11.9. The molecule has 0 saturated carbocycles. The summed E-state index contributed by atoms with van der Waals surface area (Å²) in [5.41, 5.74) is 0.799. The third-order valence-electron chi connectivity index (χ3n) is 2.75. The van der Waals surface area contributed by atoms with E-state index >= 15 is 0 Å². The Morgan fingerprint density at radius 2 is 2.28 bits per heavy atom. The molecule has 96 valence electrons. The maximum absolute atomic E-state index is 11.9. The summed E-state index contributed by atoms with van der Waals surface area (Å²) in [5.74, 6) is -0.222. The summed E-state index contributed by atoms with van der Waals surface area (Å²) in [6, 6.07) is 5.60. The van der Waals surface area contributed by atoms with Crippen LogP contribution in [0, 0.1) is 5.41 Å². The van der Waals surface area contributed by atoms with Gasteiger partial charge in [0.25, 0.3) is 5.91 Å². The van der Waals surface area contributed by atoms with Gasteiger partial charge in [-0.1, -0.05) is 19.9 Å². The molecule has 5 heteroatoms. The molecule has 0 aliphatic heterocycles. The summed E-state index contributed by atoms with van der Waals surface area (Å²) < 4.78 is 1.80. The Morgan fingerprint density at radius 1 is 1.50 bits per heavy atom. The van der Waals surface area contributed by atoms with E-state index in [2.05, 4.69) is 10.3 Å². The maximum atomic E-state index is 11.9. The zero-order chi connectivity index (χ0) is 13.2. The molecule has 1 amide bonds. The molecule has 0 aromatic carbocycles. The monoisotopic (exact) mass is 247 g/mol. The number of carbonyl (C=O) groups is 1. The standard InChI is InChI=1S/C13H17N3O2/c1-13(2,9-17)8-14-12(18)10-7-16-6-4-3-5-11(16)15-10/h3-7,17H,8-9H2,1-2H3,(H,14,18). The molecule has 0 radical (unpaired) electrons. The largest absolute Gasteiger partial charge is 0.396 e. The van der Waals surface area contributed by atoms with Crippen LogP contribution < -0.4 is 5.32 Å². The quantitative estimate of drug-likeness (QED) is 0.849. The fraction of sp³-hybridized carbons (Fsp3) is 0.385. The Bertz CT molecular complexity index is 527. The van der Waals surface area contributed by atoms with Crippen molar-refractivity contribution in [1.82, 2.24) is 14.7 Å². The van der Waals surface area contributed by atoms with E-state index in [1.807, 2.05) is 38.2 Å². The topological polar surface area (TPSA) is 66.6 Å². The van der Waals surface area contributed by atoms with Crippen LogP contribution in [0.15, 0.2) is 30.6 Å². The number of nitrogens with one attached hydrogen (secondary N) is 1. The highest BCUT2D eigenvalue weighted by Crippen LogP contribution is 2.12. The zero-order valence-corrected chi connectivity index (χ0v) is 10.6. The Morgan fingerprint density at radius 3 is 2.94 bits per heavy atom. The van der Waals surface area contributed by atoms with Gasteiger partial charge in [-0.2, -0.15) is 0 Å². The van der Waals surface area contributed by atoms with Gasteiger partial charge in [-0.05, 0) is 12.1 Å². The van der Waals surface area contributed by atoms with E-state index in [1.54, 1.807) is 10.6 Å². The van der Waals surface area contributed by atoms with Gasteiger partial charge in [0, 0.05) is 31.0 Å². The van der Waals surface area contributed by atoms with Crippen molar-refractivity contribution in [2.24, 2.45) is 5.41 Å². The molecule has 0 aliphatic rings. The van der Waals surface area contributed by atoms with E-state index in [4.69, 9.17) is 5.11 Å². The van der Waals surface area contributed by atoms with Crippen molar-refractivity contribution in [1.29, 1.82) is 0 Å². The van der Waals surface area contributed by atoms with Crippen LogP contribution >= 0.6 is 0 Å². The lowest BCUT2D eigenvalue weighted by atomic mass is 9.95. The van der Waals surface area contributed by atoms with Gasteiger partial charge >= 0.3 is 0 Å². The lowest BCUT2D eigenvalue weighted by Gasteiger charge is -2.21. The molecule has 18 heavy (non-hydrogen) atoms. The maximum Gasteiger partial charge on any atom is 0.271 e. The zero-order valence-electron chi connectivity index (χ0n) is 10.6. The van der Waals surface area contributed by atoms with E-state index in [0.717, 1.165) is 5.65 Å². The number of aliphatic hydroxyl groups excluding tert-OH is 1. The number of hydrogen-bond acceptors (Lipinski definition) is 3. The lowest BCUT2D eigenvalue weighted by Crippen LogP contribution is -2.36. The Hall–Kier alpha value is -1.88. The van der Waals surface area contributed by atoms with Crippen molar-refractivity contribution in [3.63, 3.8) is 0 Å². The number of carbonyl (C=O) groups excluding carboxylic acids is 1. The normalized spacial score (nSPS) is 11.7. The number of fused-ring (bicyclic) bond motifs is 1. The first-order chi connectivity index (χ1) is 8.52. The molecular formula is C13H17N3O2. The van der Waals surface area contributed by atoms with Gasteiger partial charge in [-0.25, -0.2) is 4.98 Å². The Kier molecular flexibility index (Phi) is 3.34. The highest BCUT2D eigenvalue weighted by Gasteiger charge is 2.19. The number of pyridine rings is 1. The third-order valence-corrected chi connectivity index (χ3v) is 2.75. The second-order valence-corrected chi connectivity index (χ2v) is 5.10. The molecular weight excluding hydrogens is 230 g/mol. The molecule has 2 aromatic heterocycles. The van der Waals surface area contributed by atoms with Gasteiger partial charge in [0.05, 0.1) is 0 Å². The molecule has 0 fully saturated rings. The number of imidazole rings is 1. The third kappa shape index (κ3) is 2.68. The van der Waals surface area contributed by atoms with Crippen molar-refractivity contribution >= 4 is 11.6 Å². The van der Waals surface area contributed by atoms with E-state index in [-0.39, 0.29) is 17.9 Å². The van der Waals surface area contributed by atoms with Crippen LogP contribution in [0.25, 0.3) is 5.65 Å². The fourth-order valence-corrected chi connectivity index (χ4v) is 1.51. The molecule has 0 unspecified atom stereocenters. The molecule has 2 aromatic rings. The Labute approximate surface area is 105 Å². The van der Waals surface area contributed by atoms with Crippen LogP contribution in [0.3, 0.4) is 0 Å². The molecule has 0 spiro atoms. The SMILES string of the molecule is CC(C)(CO)CNC(=O)c1cn2ccccc2n1. The van der Waals surface area contributed by atoms with Crippen molar-refractivity contribution in [2.45, 2.75) is 13.8 Å². The van der Waals surface area contributed by atoms with E-state index < -0.39 is 0 Å². The first kappa shape index (κ1) is 12.6. The molecule has 2 heterocycles. The van der Waals surface area contributed by atoms with Crippen LogP contribution in [0.2, 0.25) is 0 Å².